The average molecular weight is 322 g/mol. The summed E-state index contributed by atoms with van der Waals surface area (Å²) < 4.78 is 5.42. The van der Waals surface area contributed by atoms with Crippen LogP contribution in [-0.2, 0) is 17.8 Å². The molecule has 1 saturated heterocycles. The second-order valence-electron chi connectivity index (χ2n) is 6.00. The zero-order chi connectivity index (χ0) is 16.7. The molecule has 2 aromatic rings. The van der Waals surface area contributed by atoms with Gasteiger partial charge in [0, 0.05) is 13.0 Å². The Balaban J connectivity index is 1.63. The molecule has 0 radical (unpaired) electrons. The molecule has 2 aliphatic rings. The quantitative estimate of drug-likeness (QED) is 0.816. The van der Waals surface area contributed by atoms with E-state index in [1.165, 1.54) is 4.90 Å². The number of rotatable bonds is 3. The molecule has 0 aliphatic carbocycles. The summed E-state index contributed by atoms with van der Waals surface area (Å²) in [6.07, 6.45) is 0.578. The number of hydrogen-bond acceptors (Lipinski definition) is 3. The van der Waals surface area contributed by atoms with Gasteiger partial charge in [0.15, 0.2) is 0 Å². The highest BCUT2D eigenvalue weighted by Gasteiger charge is 2.47. The van der Waals surface area contributed by atoms with E-state index in [9.17, 15) is 9.59 Å². The van der Waals surface area contributed by atoms with E-state index in [1.807, 2.05) is 31.2 Å². The van der Waals surface area contributed by atoms with Crippen LogP contribution in [-0.4, -0.2) is 29.5 Å². The summed E-state index contributed by atoms with van der Waals surface area (Å²) in [5.74, 6) is 0.573. The molecule has 1 atom stereocenters. The van der Waals surface area contributed by atoms with Crippen LogP contribution in [0.3, 0.4) is 0 Å². The second kappa shape index (κ2) is 5.67. The molecule has 1 fully saturated rings. The molecule has 0 saturated carbocycles. The molecule has 2 aromatic carbocycles. The Morgan fingerprint density at radius 1 is 1.04 bits per heavy atom. The Labute approximate surface area is 140 Å². The Kier molecular flexibility index (Phi) is 3.49. The summed E-state index contributed by atoms with van der Waals surface area (Å²) in [4.78, 5) is 28.5. The predicted octanol–water partition coefficient (Wildman–Crippen LogP) is 2.98. The third-order valence-electron chi connectivity index (χ3n) is 4.60. The Bertz CT molecular complexity index is 758. The first-order valence-electron chi connectivity index (χ1n) is 8.13. The Morgan fingerprint density at radius 2 is 1.75 bits per heavy atom. The number of fused-ring (bicyclic) bond motifs is 2. The van der Waals surface area contributed by atoms with Crippen LogP contribution in [0.1, 0.15) is 18.1 Å². The molecule has 0 bridgehead atoms. The first kappa shape index (κ1) is 14.8. The number of ether oxygens (including phenoxy) is 1. The zero-order valence-corrected chi connectivity index (χ0v) is 13.4. The number of carbonyl (C=O) groups is 2. The number of anilines is 1. The van der Waals surface area contributed by atoms with E-state index in [0.29, 0.717) is 25.3 Å². The molecule has 0 aromatic heterocycles. The van der Waals surface area contributed by atoms with Gasteiger partial charge < -0.3 is 9.64 Å². The van der Waals surface area contributed by atoms with Crippen molar-refractivity contribution < 1.29 is 14.3 Å². The largest absolute Gasteiger partial charge is 0.494 e. The molecule has 5 nitrogen and oxygen atoms in total. The number of amides is 3. The molecular weight excluding hydrogens is 304 g/mol. The van der Waals surface area contributed by atoms with E-state index in [0.717, 1.165) is 16.9 Å². The maximum atomic E-state index is 12.8. The van der Waals surface area contributed by atoms with Crippen molar-refractivity contribution in [1.29, 1.82) is 0 Å². The van der Waals surface area contributed by atoms with Crippen molar-refractivity contribution in [2.45, 2.75) is 25.9 Å². The fourth-order valence-electron chi connectivity index (χ4n) is 3.41. The summed E-state index contributed by atoms with van der Waals surface area (Å²) in [5.41, 5.74) is 2.85. The summed E-state index contributed by atoms with van der Waals surface area (Å²) >= 11 is 0. The van der Waals surface area contributed by atoms with E-state index in [1.54, 1.807) is 29.2 Å². The van der Waals surface area contributed by atoms with Crippen LogP contribution in [0.15, 0.2) is 48.5 Å². The highest BCUT2D eigenvalue weighted by Crippen LogP contribution is 2.33. The molecule has 0 spiro atoms. The van der Waals surface area contributed by atoms with Gasteiger partial charge in [-0.15, -0.1) is 0 Å². The number of urea groups is 1. The molecule has 4 rings (SSSR count). The molecule has 122 valence electrons. The van der Waals surface area contributed by atoms with Crippen molar-refractivity contribution in [1.82, 2.24) is 4.90 Å². The Hall–Kier alpha value is -2.82. The van der Waals surface area contributed by atoms with E-state index in [4.69, 9.17) is 4.74 Å². The van der Waals surface area contributed by atoms with Gasteiger partial charge in [-0.05, 0) is 42.3 Å². The lowest BCUT2D eigenvalue weighted by molar-refractivity contribution is -0.120. The highest BCUT2D eigenvalue weighted by molar-refractivity contribution is 6.21. The number of hydrogen-bond donors (Lipinski definition) is 0. The van der Waals surface area contributed by atoms with Crippen molar-refractivity contribution in [2.75, 3.05) is 11.5 Å². The minimum absolute atomic E-state index is 0.154. The van der Waals surface area contributed by atoms with Crippen molar-refractivity contribution in [3.8, 4) is 5.75 Å². The summed E-state index contributed by atoms with van der Waals surface area (Å²) in [5, 5.41) is 0. The van der Waals surface area contributed by atoms with Crippen molar-refractivity contribution in [2.24, 2.45) is 0 Å². The summed E-state index contributed by atoms with van der Waals surface area (Å²) in [7, 11) is 0. The molecule has 3 amide bonds. The van der Waals surface area contributed by atoms with Crippen LogP contribution >= 0.6 is 0 Å². The minimum Gasteiger partial charge on any atom is -0.494 e. The van der Waals surface area contributed by atoms with Gasteiger partial charge in [-0.3, -0.25) is 4.79 Å². The van der Waals surface area contributed by atoms with Gasteiger partial charge in [0.2, 0.25) is 0 Å². The van der Waals surface area contributed by atoms with Crippen molar-refractivity contribution in [3.05, 3.63) is 59.7 Å². The van der Waals surface area contributed by atoms with Gasteiger partial charge in [0.1, 0.15) is 11.8 Å². The van der Waals surface area contributed by atoms with Crippen LogP contribution in [0.2, 0.25) is 0 Å². The van der Waals surface area contributed by atoms with Crippen LogP contribution in [0.25, 0.3) is 0 Å². The molecule has 0 N–H and O–H groups in total. The van der Waals surface area contributed by atoms with Crippen LogP contribution in [0, 0.1) is 0 Å². The third-order valence-corrected chi connectivity index (χ3v) is 4.60. The fourth-order valence-corrected chi connectivity index (χ4v) is 3.41. The monoisotopic (exact) mass is 322 g/mol. The third kappa shape index (κ3) is 2.24. The van der Waals surface area contributed by atoms with Gasteiger partial charge in [-0.25, -0.2) is 9.69 Å². The van der Waals surface area contributed by atoms with Gasteiger partial charge in [0.05, 0.1) is 12.3 Å². The highest BCUT2D eigenvalue weighted by atomic mass is 16.5. The van der Waals surface area contributed by atoms with Crippen molar-refractivity contribution >= 4 is 17.6 Å². The number of carbonyl (C=O) groups excluding carboxylic acids is 2. The van der Waals surface area contributed by atoms with E-state index < -0.39 is 6.04 Å². The predicted molar refractivity (Wildman–Crippen MR) is 90.0 cm³/mol. The molecule has 2 aliphatic heterocycles. The van der Waals surface area contributed by atoms with Gasteiger partial charge in [-0.2, -0.15) is 0 Å². The first-order valence-corrected chi connectivity index (χ1v) is 8.13. The molecule has 5 heteroatoms. The fraction of sp³-hybridized carbons (Fsp3) is 0.263. The van der Waals surface area contributed by atoms with Gasteiger partial charge in [-0.1, -0.05) is 24.3 Å². The standard InChI is InChI=1S/C19H18N2O3/c1-2-24-16-9-7-15(8-10-16)21-18(22)17-11-13-5-3-4-6-14(13)12-20(17)19(21)23/h3-10,17H,2,11-12H2,1H3/t17-/m1/s1. The molecule has 24 heavy (non-hydrogen) atoms. The Morgan fingerprint density at radius 3 is 2.46 bits per heavy atom. The molecular formula is C19H18N2O3. The lowest BCUT2D eigenvalue weighted by Gasteiger charge is -2.28. The molecule has 0 unspecified atom stereocenters. The molecule has 2 heterocycles. The van der Waals surface area contributed by atoms with Crippen molar-refractivity contribution in [3.63, 3.8) is 0 Å². The van der Waals surface area contributed by atoms with E-state index >= 15 is 0 Å². The van der Waals surface area contributed by atoms with E-state index in [-0.39, 0.29) is 11.9 Å². The summed E-state index contributed by atoms with van der Waals surface area (Å²) in [6, 6.07) is 14.4. The number of nitrogens with zero attached hydrogens (tertiary/aromatic N) is 2. The summed E-state index contributed by atoms with van der Waals surface area (Å²) in [6.45, 7) is 2.98. The number of imide groups is 1. The minimum atomic E-state index is -0.404. The van der Waals surface area contributed by atoms with Crippen LogP contribution < -0.4 is 9.64 Å². The SMILES string of the molecule is CCOc1ccc(N2C(=O)[C@H]3Cc4ccccc4CN3C2=O)cc1. The number of benzene rings is 2. The smallest absolute Gasteiger partial charge is 0.332 e. The lowest BCUT2D eigenvalue weighted by Crippen LogP contribution is -2.39. The normalized spacial score (nSPS) is 19.3. The maximum Gasteiger partial charge on any atom is 0.332 e. The average Bonchev–Trinajstić information content (AvgIpc) is 2.85. The maximum absolute atomic E-state index is 12.8. The zero-order valence-electron chi connectivity index (χ0n) is 13.4. The van der Waals surface area contributed by atoms with Crippen LogP contribution in [0.4, 0.5) is 10.5 Å². The lowest BCUT2D eigenvalue weighted by atomic mass is 9.95. The topological polar surface area (TPSA) is 49.9 Å². The van der Waals surface area contributed by atoms with Gasteiger partial charge in [0.25, 0.3) is 5.91 Å². The van der Waals surface area contributed by atoms with Gasteiger partial charge >= 0.3 is 6.03 Å². The van der Waals surface area contributed by atoms with E-state index in [2.05, 4.69) is 0 Å². The second-order valence-corrected chi connectivity index (χ2v) is 6.00. The van der Waals surface area contributed by atoms with Crippen LogP contribution in [0.5, 0.6) is 5.75 Å². The first-order chi connectivity index (χ1) is 11.7.